The van der Waals surface area contributed by atoms with Gasteiger partial charge in [-0.2, -0.15) is 0 Å². The third-order valence-electron chi connectivity index (χ3n) is 2.41. The van der Waals surface area contributed by atoms with Crippen molar-refractivity contribution >= 4 is 11.8 Å². The van der Waals surface area contributed by atoms with E-state index < -0.39 is 0 Å². The largest absolute Gasteiger partial charge is 0.356 e. The number of carbonyl (C=O) groups excluding carboxylic acids is 2. The normalized spacial score (nSPS) is 10.9. The van der Waals surface area contributed by atoms with Crippen molar-refractivity contribution in [3.63, 3.8) is 0 Å². The van der Waals surface area contributed by atoms with Gasteiger partial charge in [-0.25, -0.2) is 0 Å². The zero-order valence-corrected chi connectivity index (χ0v) is 11.8. The molecule has 18 heavy (non-hydrogen) atoms. The highest BCUT2D eigenvalue weighted by molar-refractivity contribution is 5.87. The molecule has 0 unspecified atom stereocenters. The van der Waals surface area contributed by atoms with Crippen LogP contribution in [0.3, 0.4) is 0 Å². The minimum Gasteiger partial charge on any atom is -0.356 e. The summed E-state index contributed by atoms with van der Waals surface area (Å²) in [6.45, 7) is 7.08. The Bertz CT molecular complexity index is 273. The van der Waals surface area contributed by atoms with Gasteiger partial charge in [-0.05, 0) is 24.8 Å². The van der Waals surface area contributed by atoms with E-state index in [9.17, 15) is 9.59 Å². The van der Waals surface area contributed by atoms with Gasteiger partial charge >= 0.3 is 0 Å². The molecule has 0 aliphatic carbocycles. The highest BCUT2D eigenvalue weighted by atomic mass is 16.2. The summed E-state index contributed by atoms with van der Waals surface area (Å²) in [4.78, 5) is 21.9. The number of carbonyl (C=O) groups is 2. The zero-order chi connectivity index (χ0) is 13.8. The molecule has 0 radical (unpaired) electrons. The Labute approximate surface area is 110 Å². The van der Waals surface area contributed by atoms with E-state index in [4.69, 9.17) is 0 Å². The number of nitrogens with one attached hydrogen (secondary N) is 2. The second kappa shape index (κ2) is 10.8. The molecule has 0 atom stereocenters. The lowest BCUT2D eigenvalue weighted by atomic mass is 10.2. The molecule has 104 valence electrons. The third-order valence-corrected chi connectivity index (χ3v) is 2.41. The van der Waals surface area contributed by atoms with E-state index in [2.05, 4.69) is 10.6 Å². The Morgan fingerprint density at radius 3 is 2.06 bits per heavy atom. The molecular weight excluding hydrogens is 228 g/mol. The summed E-state index contributed by atoms with van der Waals surface area (Å²) in [6.07, 6.45) is 7.64. The first-order chi connectivity index (χ1) is 8.52. The Morgan fingerprint density at radius 1 is 1.00 bits per heavy atom. The van der Waals surface area contributed by atoms with Crippen LogP contribution in [0.4, 0.5) is 0 Å². The minimum atomic E-state index is -0.0121. The van der Waals surface area contributed by atoms with E-state index in [1.807, 2.05) is 19.9 Å². The fraction of sp³-hybridized carbons (Fsp3) is 0.714. The predicted molar refractivity (Wildman–Crippen MR) is 74.1 cm³/mol. The summed E-state index contributed by atoms with van der Waals surface area (Å²) in [7, 11) is 0. The smallest absolute Gasteiger partial charge is 0.243 e. The maximum atomic E-state index is 11.3. The summed E-state index contributed by atoms with van der Waals surface area (Å²) in [5.74, 6) is 0.422. The number of hydrogen-bond donors (Lipinski definition) is 2. The highest BCUT2D eigenvalue weighted by Crippen LogP contribution is 1.98. The van der Waals surface area contributed by atoms with Gasteiger partial charge in [0.15, 0.2) is 0 Å². The molecule has 0 saturated heterocycles. The van der Waals surface area contributed by atoms with E-state index in [0.29, 0.717) is 5.92 Å². The molecule has 0 saturated carbocycles. The van der Waals surface area contributed by atoms with Crippen molar-refractivity contribution in [1.82, 2.24) is 10.6 Å². The van der Waals surface area contributed by atoms with Crippen LogP contribution in [-0.2, 0) is 9.59 Å². The quantitative estimate of drug-likeness (QED) is 0.488. The lowest BCUT2D eigenvalue weighted by molar-refractivity contribution is -0.119. The lowest BCUT2D eigenvalue weighted by Crippen LogP contribution is -2.22. The molecular formula is C14H26N2O2. The Morgan fingerprint density at radius 2 is 1.56 bits per heavy atom. The summed E-state index contributed by atoms with van der Waals surface area (Å²) in [5, 5.41) is 5.62. The summed E-state index contributed by atoms with van der Waals surface area (Å²) in [5.41, 5.74) is 0. The average molecular weight is 254 g/mol. The van der Waals surface area contributed by atoms with E-state index in [0.717, 1.165) is 38.8 Å². The van der Waals surface area contributed by atoms with E-state index in [-0.39, 0.29) is 11.8 Å². The van der Waals surface area contributed by atoms with Crippen LogP contribution in [0.2, 0.25) is 0 Å². The van der Waals surface area contributed by atoms with Crippen LogP contribution >= 0.6 is 0 Å². The fourth-order valence-corrected chi connectivity index (χ4v) is 1.42. The minimum absolute atomic E-state index is 0.0121. The van der Waals surface area contributed by atoms with Gasteiger partial charge < -0.3 is 10.6 Å². The first kappa shape index (κ1) is 16.7. The van der Waals surface area contributed by atoms with Crippen molar-refractivity contribution in [3.8, 4) is 0 Å². The number of amides is 2. The molecule has 4 heteroatoms. The standard InChI is InChI=1S/C14H26N2O2/c1-12(2)8-9-14(18)16-11-7-5-4-6-10-15-13(3)17/h8-9,12H,4-7,10-11H2,1-3H3,(H,15,17)(H,16,18)/b9-8+. The maximum absolute atomic E-state index is 11.3. The molecule has 0 heterocycles. The lowest BCUT2D eigenvalue weighted by Gasteiger charge is -2.03. The van der Waals surface area contributed by atoms with Crippen molar-refractivity contribution < 1.29 is 9.59 Å². The Hall–Kier alpha value is -1.32. The maximum Gasteiger partial charge on any atom is 0.243 e. The molecule has 0 bridgehead atoms. The first-order valence-corrected chi connectivity index (χ1v) is 6.73. The second-order valence-corrected chi connectivity index (χ2v) is 4.79. The van der Waals surface area contributed by atoms with Crippen molar-refractivity contribution in [3.05, 3.63) is 12.2 Å². The van der Waals surface area contributed by atoms with Crippen molar-refractivity contribution in [2.45, 2.75) is 46.5 Å². The molecule has 0 fully saturated rings. The van der Waals surface area contributed by atoms with Crippen LogP contribution in [0.5, 0.6) is 0 Å². The Kier molecular flexibility index (Phi) is 10.0. The van der Waals surface area contributed by atoms with Crippen molar-refractivity contribution in [2.24, 2.45) is 5.92 Å². The predicted octanol–water partition coefficient (Wildman–Crippen LogP) is 2.01. The Balaban J connectivity index is 3.30. The summed E-state index contributed by atoms with van der Waals surface area (Å²) >= 11 is 0. The van der Waals surface area contributed by atoms with Crippen LogP contribution in [-0.4, -0.2) is 24.9 Å². The third kappa shape index (κ3) is 12.7. The van der Waals surface area contributed by atoms with Gasteiger partial charge in [0, 0.05) is 20.0 Å². The monoisotopic (exact) mass is 254 g/mol. The molecule has 0 aromatic heterocycles. The van der Waals surface area contributed by atoms with Crippen LogP contribution < -0.4 is 10.6 Å². The van der Waals surface area contributed by atoms with Gasteiger partial charge in [-0.15, -0.1) is 0 Å². The van der Waals surface area contributed by atoms with Crippen molar-refractivity contribution in [2.75, 3.05) is 13.1 Å². The average Bonchev–Trinajstić information content (AvgIpc) is 2.29. The molecule has 4 nitrogen and oxygen atoms in total. The number of hydrogen-bond acceptors (Lipinski definition) is 2. The van der Waals surface area contributed by atoms with Gasteiger partial charge in [0.1, 0.15) is 0 Å². The number of allylic oxidation sites excluding steroid dienone is 1. The number of unbranched alkanes of at least 4 members (excludes halogenated alkanes) is 3. The van der Waals surface area contributed by atoms with E-state index >= 15 is 0 Å². The second-order valence-electron chi connectivity index (χ2n) is 4.79. The SMILES string of the molecule is CC(=O)NCCCCCCNC(=O)/C=C/C(C)C. The number of rotatable bonds is 9. The molecule has 0 aromatic carbocycles. The van der Waals surface area contributed by atoms with E-state index in [1.54, 1.807) is 6.08 Å². The van der Waals surface area contributed by atoms with Crippen LogP contribution in [0.15, 0.2) is 12.2 Å². The van der Waals surface area contributed by atoms with E-state index in [1.165, 1.54) is 6.92 Å². The van der Waals surface area contributed by atoms with Crippen LogP contribution in [0.25, 0.3) is 0 Å². The zero-order valence-electron chi connectivity index (χ0n) is 11.8. The van der Waals surface area contributed by atoms with Gasteiger partial charge in [-0.1, -0.05) is 32.8 Å². The molecule has 2 N–H and O–H groups in total. The van der Waals surface area contributed by atoms with Crippen LogP contribution in [0, 0.1) is 5.92 Å². The van der Waals surface area contributed by atoms with Crippen LogP contribution in [0.1, 0.15) is 46.5 Å². The fourth-order valence-electron chi connectivity index (χ4n) is 1.42. The summed E-state index contributed by atoms with van der Waals surface area (Å²) in [6, 6.07) is 0. The molecule has 0 aliphatic heterocycles. The molecule has 2 amide bonds. The highest BCUT2D eigenvalue weighted by Gasteiger charge is 1.96. The summed E-state index contributed by atoms with van der Waals surface area (Å²) < 4.78 is 0. The van der Waals surface area contributed by atoms with Gasteiger partial charge in [0.05, 0.1) is 0 Å². The first-order valence-electron chi connectivity index (χ1n) is 6.73. The van der Waals surface area contributed by atoms with Gasteiger partial charge in [-0.3, -0.25) is 9.59 Å². The molecule has 0 aliphatic rings. The van der Waals surface area contributed by atoms with Crippen molar-refractivity contribution in [1.29, 1.82) is 0 Å². The molecule has 0 aromatic rings. The molecule has 0 spiro atoms. The topological polar surface area (TPSA) is 58.2 Å². The molecule has 0 rings (SSSR count). The van der Waals surface area contributed by atoms with Gasteiger partial charge in [0.2, 0.25) is 11.8 Å². The van der Waals surface area contributed by atoms with Gasteiger partial charge in [0.25, 0.3) is 0 Å².